The summed E-state index contributed by atoms with van der Waals surface area (Å²) in [6.45, 7) is 4.50. The Hall–Kier alpha value is -1.03. The first-order valence-electron chi connectivity index (χ1n) is 5.98. The van der Waals surface area contributed by atoms with Crippen molar-refractivity contribution in [1.82, 2.24) is 5.32 Å². The number of halogens is 3. The van der Waals surface area contributed by atoms with Crippen molar-refractivity contribution >= 4 is 0 Å². The molecule has 0 saturated heterocycles. The molecule has 1 atom stereocenters. The molecule has 1 unspecified atom stereocenters. The minimum Gasteiger partial charge on any atom is -0.310 e. The maximum Gasteiger partial charge on any atom is 0.133 e. The molecular formula is C13H18F3N. The molecule has 1 rings (SSSR count). The molecule has 0 aromatic heterocycles. The topological polar surface area (TPSA) is 12.0 Å². The van der Waals surface area contributed by atoms with Crippen LogP contribution in [-0.2, 0) is 0 Å². The molecule has 0 saturated carbocycles. The zero-order chi connectivity index (χ0) is 12.8. The largest absolute Gasteiger partial charge is 0.310 e. The van der Waals surface area contributed by atoms with Crippen LogP contribution in [0.15, 0.2) is 12.1 Å². The molecular weight excluding hydrogens is 227 g/mol. The predicted molar refractivity (Wildman–Crippen MR) is 62.3 cm³/mol. The molecule has 0 spiro atoms. The summed E-state index contributed by atoms with van der Waals surface area (Å²) >= 11 is 0. The first-order chi connectivity index (χ1) is 8.10. The lowest BCUT2D eigenvalue weighted by molar-refractivity contribution is 0.436. The average molecular weight is 245 g/mol. The van der Waals surface area contributed by atoms with Crippen LogP contribution in [0.3, 0.4) is 0 Å². The van der Waals surface area contributed by atoms with Gasteiger partial charge >= 0.3 is 0 Å². The van der Waals surface area contributed by atoms with Gasteiger partial charge in [0.25, 0.3) is 0 Å². The standard InChI is InChI=1S/C13H18F3N/c1-3-5-6-12(17-4-2)13-10(15)7-9(14)8-11(13)16/h7-8,12,17H,3-6H2,1-2H3. The summed E-state index contributed by atoms with van der Waals surface area (Å²) < 4.78 is 40.0. The minimum absolute atomic E-state index is 0.0540. The Labute approximate surface area is 100 Å². The number of hydrogen-bond donors (Lipinski definition) is 1. The highest BCUT2D eigenvalue weighted by Gasteiger charge is 2.20. The maximum absolute atomic E-state index is 13.6. The van der Waals surface area contributed by atoms with Crippen molar-refractivity contribution in [1.29, 1.82) is 0 Å². The van der Waals surface area contributed by atoms with Crippen LogP contribution >= 0.6 is 0 Å². The molecule has 0 heterocycles. The second-order valence-electron chi connectivity index (χ2n) is 4.04. The Kier molecular flexibility index (Phi) is 5.48. The molecule has 0 aliphatic carbocycles. The monoisotopic (exact) mass is 245 g/mol. The number of rotatable bonds is 6. The van der Waals surface area contributed by atoms with Gasteiger partial charge in [-0.1, -0.05) is 26.7 Å². The van der Waals surface area contributed by atoms with Crippen LogP contribution in [0, 0.1) is 17.5 Å². The van der Waals surface area contributed by atoms with Crippen molar-refractivity contribution in [2.24, 2.45) is 0 Å². The van der Waals surface area contributed by atoms with Gasteiger partial charge in [0.05, 0.1) is 0 Å². The molecule has 4 heteroatoms. The van der Waals surface area contributed by atoms with E-state index in [0.717, 1.165) is 25.0 Å². The van der Waals surface area contributed by atoms with E-state index in [0.29, 0.717) is 13.0 Å². The van der Waals surface area contributed by atoms with E-state index in [9.17, 15) is 13.2 Å². The number of benzene rings is 1. The van der Waals surface area contributed by atoms with Crippen molar-refractivity contribution in [3.05, 3.63) is 35.1 Å². The van der Waals surface area contributed by atoms with Crippen molar-refractivity contribution in [2.75, 3.05) is 6.54 Å². The summed E-state index contributed by atoms with van der Waals surface area (Å²) in [5.41, 5.74) is -0.0540. The van der Waals surface area contributed by atoms with Gasteiger partial charge in [-0.15, -0.1) is 0 Å². The van der Waals surface area contributed by atoms with Crippen molar-refractivity contribution < 1.29 is 13.2 Å². The van der Waals surface area contributed by atoms with E-state index in [2.05, 4.69) is 5.32 Å². The Morgan fingerprint density at radius 2 is 1.71 bits per heavy atom. The summed E-state index contributed by atoms with van der Waals surface area (Å²) in [6.07, 6.45) is 2.46. The quantitative estimate of drug-likeness (QED) is 0.800. The van der Waals surface area contributed by atoms with E-state index < -0.39 is 17.5 Å². The van der Waals surface area contributed by atoms with Gasteiger partial charge in [0.1, 0.15) is 17.5 Å². The van der Waals surface area contributed by atoms with E-state index in [1.54, 1.807) is 0 Å². The van der Waals surface area contributed by atoms with E-state index in [4.69, 9.17) is 0 Å². The van der Waals surface area contributed by atoms with Crippen LogP contribution in [0.5, 0.6) is 0 Å². The fourth-order valence-corrected chi connectivity index (χ4v) is 1.89. The molecule has 0 aliphatic rings. The molecule has 1 N–H and O–H groups in total. The average Bonchev–Trinajstić information content (AvgIpc) is 2.24. The Morgan fingerprint density at radius 1 is 1.12 bits per heavy atom. The molecule has 0 fully saturated rings. The van der Waals surface area contributed by atoms with Gasteiger partial charge in [-0.05, 0) is 13.0 Å². The van der Waals surface area contributed by atoms with Crippen LogP contribution in [0.25, 0.3) is 0 Å². The van der Waals surface area contributed by atoms with Crippen LogP contribution in [0.1, 0.15) is 44.7 Å². The number of nitrogens with one attached hydrogen (secondary N) is 1. The van der Waals surface area contributed by atoms with E-state index >= 15 is 0 Å². The summed E-state index contributed by atoms with van der Waals surface area (Å²) in [6, 6.07) is 1.07. The fraction of sp³-hybridized carbons (Fsp3) is 0.538. The van der Waals surface area contributed by atoms with E-state index in [1.165, 1.54) is 0 Å². The van der Waals surface area contributed by atoms with Crippen molar-refractivity contribution in [3.8, 4) is 0 Å². The molecule has 0 amide bonds. The number of unbranched alkanes of at least 4 members (excludes halogenated alkanes) is 1. The molecule has 0 radical (unpaired) electrons. The summed E-state index contributed by atoms with van der Waals surface area (Å²) in [7, 11) is 0. The Bertz CT molecular complexity index is 343. The highest BCUT2D eigenvalue weighted by atomic mass is 19.1. The number of hydrogen-bond acceptors (Lipinski definition) is 1. The van der Waals surface area contributed by atoms with Gasteiger partial charge in [-0.2, -0.15) is 0 Å². The van der Waals surface area contributed by atoms with Crippen molar-refractivity contribution in [2.45, 2.75) is 39.2 Å². The van der Waals surface area contributed by atoms with Gasteiger partial charge in [-0.25, -0.2) is 13.2 Å². The zero-order valence-electron chi connectivity index (χ0n) is 10.2. The third-order valence-electron chi connectivity index (χ3n) is 2.69. The lowest BCUT2D eigenvalue weighted by Crippen LogP contribution is -2.23. The highest BCUT2D eigenvalue weighted by Crippen LogP contribution is 2.25. The lowest BCUT2D eigenvalue weighted by atomic mass is 10.00. The van der Waals surface area contributed by atoms with Crippen LogP contribution in [-0.4, -0.2) is 6.54 Å². The van der Waals surface area contributed by atoms with Crippen LogP contribution in [0.2, 0.25) is 0 Å². The Balaban J connectivity index is 3.00. The predicted octanol–water partition coefficient (Wildman–Crippen LogP) is 3.94. The SMILES string of the molecule is CCCCC(NCC)c1c(F)cc(F)cc1F. The normalized spacial score (nSPS) is 12.8. The second kappa shape index (κ2) is 6.64. The first-order valence-corrected chi connectivity index (χ1v) is 5.98. The van der Waals surface area contributed by atoms with Crippen molar-refractivity contribution in [3.63, 3.8) is 0 Å². The van der Waals surface area contributed by atoms with Crippen LogP contribution in [0.4, 0.5) is 13.2 Å². The van der Waals surface area contributed by atoms with E-state index in [1.807, 2.05) is 13.8 Å². The summed E-state index contributed by atoms with van der Waals surface area (Å²) in [5, 5.41) is 3.03. The molecule has 0 aliphatic heterocycles. The van der Waals surface area contributed by atoms with Gasteiger partial charge in [-0.3, -0.25) is 0 Å². The van der Waals surface area contributed by atoms with Gasteiger partial charge < -0.3 is 5.32 Å². The fourth-order valence-electron chi connectivity index (χ4n) is 1.89. The highest BCUT2D eigenvalue weighted by molar-refractivity contribution is 5.24. The summed E-state index contributed by atoms with van der Waals surface area (Å²) in [4.78, 5) is 0. The maximum atomic E-state index is 13.6. The lowest BCUT2D eigenvalue weighted by Gasteiger charge is -2.19. The molecule has 1 aromatic carbocycles. The van der Waals surface area contributed by atoms with Gasteiger partial charge in [0.2, 0.25) is 0 Å². The molecule has 1 aromatic rings. The molecule has 1 nitrogen and oxygen atoms in total. The van der Waals surface area contributed by atoms with E-state index in [-0.39, 0.29) is 11.6 Å². The van der Waals surface area contributed by atoms with Gasteiger partial charge in [0, 0.05) is 23.7 Å². The minimum atomic E-state index is -0.880. The Morgan fingerprint density at radius 3 is 2.18 bits per heavy atom. The molecule has 96 valence electrons. The molecule has 17 heavy (non-hydrogen) atoms. The van der Waals surface area contributed by atoms with Crippen LogP contribution < -0.4 is 5.32 Å². The van der Waals surface area contributed by atoms with Gasteiger partial charge in [0.15, 0.2) is 0 Å². The third kappa shape index (κ3) is 3.73. The first kappa shape index (κ1) is 14.0. The smallest absolute Gasteiger partial charge is 0.133 e. The summed E-state index contributed by atoms with van der Waals surface area (Å²) in [5.74, 6) is -2.51. The molecule has 0 bridgehead atoms. The third-order valence-corrected chi connectivity index (χ3v) is 2.69. The zero-order valence-corrected chi connectivity index (χ0v) is 10.2. The second-order valence-corrected chi connectivity index (χ2v) is 4.04.